The van der Waals surface area contributed by atoms with Crippen molar-refractivity contribution in [3.63, 3.8) is 0 Å². The topological polar surface area (TPSA) is 33.1 Å². The van der Waals surface area contributed by atoms with Crippen LogP contribution in [0.1, 0.15) is 29.7 Å². The van der Waals surface area contributed by atoms with Gasteiger partial charge in [0.1, 0.15) is 5.75 Å². The predicted molar refractivity (Wildman–Crippen MR) is 64.9 cm³/mol. The number of halogens is 3. The molecule has 2 rings (SSSR count). The minimum atomic E-state index is -4.32. The maximum absolute atomic E-state index is 12.4. The molecule has 0 amide bonds. The molecule has 0 radical (unpaired) electrons. The lowest BCUT2D eigenvalue weighted by molar-refractivity contribution is -0.137. The smallest absolute Gasteiger partial charge is 0.416 e. The van der Waals surface area contributed by atoms with Gasteiger partial charge in [0.2, 0.25) is 0 Å². The molecule has 0 aliphatic heterocycles. The summed E-state index contributed by atoms with van der Waals surface area (Å²) >= 11 is 0. The van der Waals surface area contributed by atoms with Gasteiger partial charge >= 0.3 is 6.18 Å². The monoisotopic (exact) mass is 267 g/mol. The van der Waals surface area contributed by atoms with Gasteiger partial charge in [-0.1, -0.05) is 19.1 Å². The Morgan fingerprint density at radius 2 is 1.68 bits per heavy atom. The Morgan fingerprint density at radius 3 is 2.16 bits per heavy atom. The Labute approximate surface area is 108 Å². The zero-order valence-corrected chi connectivity index (χ0v) is 10.1. The molecule has 1 atom stereocenters. The van der Waals surface area contributed by atoms with Crippen molar-refractivity contribution in [2.75, 3.05) is 0 Å². The highest BCUT2D eigenvalue weighted by Gasteiger charge is 2.30. The summed E-state index contributed by atoms with van der Waals surface area (Å²) in [4.78, 5) is 4.05. The first-order valence-electron chi connectivity index (χ1n) is 5.70. The van der Waals surface area contributed by atoms with Gasteiger partial charge in [-0.3, -0.25) is 4.98 Å². The number of hydrogen-bond acceptors (Lipinski definition) is 2. The first-order valence-corrected chi connectivity index (χ1v) is 5.70. The number of benzene rings is 1. The van der Waals surface area contributed by atoms with Gasteiger partial charge in [0, 0.05) is 11.6 Å². The van der Waals surface area contributed by atoms with Crippen LogP contribution in [0.2, 0.25) is 0 Å². The van der Waals surface area contributed by atoms with Gasteiger partial charge in [0.05, 0.1) is 11.8 Å². The number of aromatic nitrogens is 1. The van der Waals surface area contributed by atoms with E-state index >= 15 is 0 Å². The Balaban J connectivity index is 2.25. The van der Waals surface area contributed by atoms with Gasteiger partial charge in [-0.05, 0) is 29.8 Å². The van der Waals surface area contributed by atoms with E-state index in [0.29, 0.717) is 5.69 Å². The van der Waals surface area contributed by atoms with Crippen LogP contribution < -0.4 is 0 Å². The number of alkyl halides is 3. The van der Waals surface area contributed by atoms with E-state index in [9.17, 15) is 13.2 Å². The molecule has 0 bridgehead atoms. The summed E-state index contributed by atoms with van der Waals surface area (Å²) in [6, 6.07) is 8.17. The Bertz CT molecular complexity index is 546. The van der Waals surface area contributed by atoms with E-state index in [2.05, 4.69) is 4.98 Å². The lowest BCUT2D eigenvalue weighted by atomic mass is 9.96. The van der Waals surface area contributed by atoms with Crippen molar-refractivity contribution in [2.45, 2.75) is 19.0 Å². The molecule has 5 heteroatoms. The average Bonchev–Trinajstić information content (AvgIpc) is 2.38. The van der Waals surface area contributed by atoms with E-state index in [-0.39, 0.29) is 11.7 Å². The van der Waals surface area contributed by atoms with Crippen LogP contribution in [0.3, 0.4) is 0 Å². The lowest BCUT2D eigenvalue weighted by Crippen LogP contribution is -2.05. The van der Waals surface area contributed by atoms with Crippen molar-refractivity contribution in [3.8, 4) is 5.75 Å². The molecule has 1 aromatic carbocycles. The molecule has 0 saturated heterocycles. The molecule has 0 fully saturated rings. The highest BCUT2D eigenvalue weighted by atomic mass is 19.4. The molecule has 2 nitrogen and oxygen atoms in total. The van der Waals surface area contributed by atoms with Gasteiger partial charge in [0.15, 0.2) is 0 Å². The molecular formula is C14H12F3NO. The first kappa shape index (κ1) is 13.4. The fourth-order valence-electron chi connectivity index (χ4n) is 1.79. The van der Waals surface area contributed by atoms with Crippen LogP contribution in [0.15, 0.2) is 42.6 Å². The molecular weight excluding hydrogens is 255 g/mol. The standard InChI is InChI=1S/C14H12F3NO/c1-9(13-7-6-12(19)8-18-13)10-2-4-11(5-3-10)14(15,16)17/h2-9,19H,1H3. The Morgan fingerprint density at radius 1 is 1.05 bits per heavy atom. The fourth-order valence-corrected chi connectivity index (χ4v) is 1.79. The van der Waals surface area contributed by atoms with Crippen molar-refractivity contribution in [3.05, 3.63) is 59.4 Å². The quantitative estimate of drug-likeness (QED) is 0.893. The second-order valence-electron chi connectivity index (χ2n) is 4.28. The van der Waals surface area contributed by atoms with Gasteiger partial charge < -0.3 is 5.11 Å². The van der Waals surface area contributed by atoms with Crippen molar-refractivity contribution in [2.24, 2.45) is 0 Å². The summed E-state index contributed by atoms with van der Waals surface area (Å²) in [7, 11) is 0. The number of pyridine rings is 1. The third-order valence-electron chi connectivity index (χ3n) is 2.95. The maximum Gasteiger partial charge on any atom is 0.416 e. The minimum absolute atomic E-state index is 0.0587. The summed E-state index contributed by atoms with van der Waals surface area (Å²) in [5.74, 6) is -0.0775. The van der Waals surface area contributed by atoms with Crippen LogP contribution in [-0.2, 0) is 6.18 Å². The molecule has 1 N–H and O–H groups in total. The minimum Gasteiger partial charge on any atom is -0.506 e. The second kappa shape index (κ2) is 4.91. The molecule has 0 spiro atoms. The molecule has 2 aromatic rings. The normalized spacial score (nSPS) is 13.3. The van der Waals surface area contributed by atoms with Crippen LogP contribution in [0.25, 0.3) is 0 Å². The molecule has 0 aliphatic carbocycles. The Kier molecular flexibility index (Phi) is 3.46. The predicted octanol–water partition coefficient (Wildman–Crippen LogP) is 3.96. The van der Waals surface area contributed by atoms with E-state index in [0.717, 1.165) is 17.7 Å². The number of nitrogens with zero attached hydrogens (tertiary/aromatic N) is 1. The Hall–Kier alpha value is -2.04. The van der Waals surface area contributed by atoms with Crippen LogP contribution in [0, 0.1) is 0 Å². The summed E-state index contributed by atoms with van der Waals surface area (Å²) < 4.78 is 37.3. The zero-order chi connectivity index (χ0) is 14.0. The van der Waals surface area contributed by atoms with Gasteiger partial charge in [-0.2, -0.15) is 13.2 Å². The number of rotatable bonds is 2. The highest BCUT2D eigenvalue weighted by molar-refractivity contribution is 5.32. The van der Waals surface area contributed by atoms with E-state index in [1.165, 1.54) is 24.4 Å². The highest BCUT2D eigenvalue weighted by Crippen LogP contribution is 2.31. The third-order valence-corrected chi connectivity index (χ3v) is 2.95. The van der Waals surface area contributed by atoms with Crippen LogP contribution in [0.5, 0.6) is 5.75 Å². The fraction of sp³-hybridized carbons (Fsp3) is 0.214. The summed E-state index contributed by atoms with van der Waals surface area (Å²) in [5, 5.41) is 9.15. The van der Waals surface area contributed by atoms with Gasteiger partial charge in [-0.15, -0.1) is 0 Å². The second-order valence-corrected chi connectivity index (χ2v) is 4.28. The molecule has 0 aliphatic rings. The van der Waals surface area contributed by atoms with Crippen molar-refractivity contribution < 1.29 is 18.3 Å². The molecule has 1 unspecified atom stereocenters. The molecule has 100 valence electrons. The summed E-state index contributed by atoms with van der Waals surface area (Å²) in [6.07, 6.45) is -3.01. The van der Waals surface area contributed by atoms with Crippen LogP contribution >= 0.6 is 0 Å². The van der Waals surface area contributed by atoms with E-state index < -0.39 is 11.7 Å². The van der Waals surface area contributed by atoms with Gasteiger partial charge in [0.25, 0.3) is 0 Å². The van der Waals surface area contributed by atoms with Crippen molar-refractivity contribution in [1.82, 2.24) is 4.98 Å². The van der Waals surface area contributed by atoms with Gasteiger partial charge in [-0.25, -0.2) is 0 Å². The van der Waals surface area contributed by atoms with E-state index in [4.69, 9.17) is 5.11 Å². The van der Waals surface area contributed by atoms with Crippen molar-refractivity contribution in [1.29, 1.82) is 0 Å². The summed E-state index contributed by atoms with van der Waals surface area (Å²) in [6.45, 7) is 1.85. The van der Waals surface area contributed by atoms with Crippen LogP contribution in [-0.4, -0.2) is 10.1 Å². The first-order chi connectivity index (χ1) is 8.88. The van der Waals surface area contributed by atoms with E-state index in [1.807, 2.05) is 6.92 Å². The SMILES string of the molecule is CC(c1ccc(C(F)(F)F)cc1)c1ccc(O)cn1. The summed E-state index contributed by atoms with van der Waals surface area (Å²) in [5.41, 5.74) is 0.769. The molecule has 0 saturated carbocycles. The average molecular weight is 267 g/mol. The molecule has 1 heterocycles. The maximum atomic E-state index is 12.4. The third kappa shape index (κ3) is 3.05. The number of aromatic hydroxyl groups is 1. The zero-order valence-electron chi connectivity index (χ0n) is 10.1. The van der Waals surface area contributed by atoms with Crippen molar-refractivity contribution >= 4 is 0 Å². The number of hydrogen-bond donors (Lipinski definition) is 1. The molecule has 19 heavy (non-hydrogen) atoms. The lowest BCUT2D eigenvalue weighted by Gasteiger charge is -2.13. The molecule has 1 aromatic heterocycles. The van der Waals surface area contributed by atoms with E-state index in [1.54, 1.807) is 6.07 Å². The largest absolute Gasteiger partial charge is 0.506 e. The van der Waals surface area contributed by atoms with Crippen LogP contribution in [0.4, 0.5) is 13.2 Å².